The maximum absolute atomic E-state index is 13.3. The third-order valence-corrected chi connectivity index (χ3v) is 6.45. The first kappa shape index (κ1) is 17.4. The fraction of sp³-hybridized carbons (Fsp3) is 0.409. The van der Waals surface area contributed by atoms with Gasteiger partial charge in [0.05, 0.1) is 12.1 Å². The molecule has 144 valence electrons. The molecule has 3 aliphatic rings. The van der Waals surface area contributed by atoms with E-state index >= 15 is 0 Å². The lowest BCUT2D eigenvalue weighted by atomic mass is 9.80. The summed E-state index contributed by atoms with van der Waals surface area (Å²) in [5.74, 6) is 0.945. The van der Waals surface area contributed by atoms with Crippen LogP contribution in [0.5, 0.6) is 0 Å². The minimum absolute atomic E-state index is 0.00499. The van der Waals surface area contributed by atoms with E-state index in [1.54, 1.807) is 0 Å². The molecule has 3 heterocycles. The number of likely N-dealkylation sites (tertiary alicyclic amines) is 1. The minimum Gasteiger partial charge on any atom is -0.354 e. The first-order chi connectivity index (χ1) is 13.7. The summed E-state index contributed by atoms with van der Waals surface area (Å²) in [6, 6.07) is 14.0. The monoisotopic (exact) mass is 376 g/mol. The van der Waals surface area contributed by atoms with E-state index < -0.39 is 5.41 Å². The largest absolute Gasteiger partial charge is 0.354 e. The van der Waals surface area contributed by atoms with Crippen LogP contribution in [0.3, 0.4) is 0 Å². The van der Waals surface area contributed by atoms with Crippen molar-refractivity contribution >= 4 is 17.6 Å². The zero-order valence-corrected chi connectivity index (χ0v) is 15.9. The van der Waals surface area contributed by atoms with Crippen molar-refractivity contribution in [1.82, 2.24) is 14.8 Å². The third-order valence-electron chi connectivity index (χ3n) is 6.45. The van der Waals surface area contributed by atoms with Crippen LogP contribution in [0.15, 0.2) is 48.7 Å². The highest BCUT2D eigenvalue weighted by atomic mass is 16.2. The summed E-state index contributed by atoms with van der Waals surface area (Å²) in [5, 5.41) is 0. The molecule has 28 heavy (non-hydrogen) atoms. The molecule has 6 nitrogen and oxygen atoms in total. The molecule has 1 aliphatic carbocycles. The SMILES string of the molecule is O=C1C[C@@]2(CCc3ccccc32)C(=O)N1CN1CCN(c2ccccn2)CC1. The van der Waals surface area contributed by atoms with Crippen molar-refractivity contribution in [2.24, 2.45) is 0 Å². The molecule has 0 radical (unpaired) electrons. The Morgan fingerprint density at radius 2 is 1.75 bits per heavy atom. The highest BCUT2D eigenvalue weighted by Gasteiger charge is 2.55. The standard InChI is InChI=1S/C22H24N4O2/c27-20-15-22(9-8-17-5-1-2-6-18(17)22)21(28)26(20)16-24-11-13-25(14-12-24)19-7-3-4-10-23-19/h1-7,10H,8-9,11-16H2/t22-/m1/s1. The lowest BCUT2D eigenvalue weighted by Crippen LogP contribution is -2.52. The average molecular weight is 376 g/mol. The molecule has 1 aromatic heterocycles. The quantitative estimate of drug-likeness (QED) is 0.765. The van der Waals surface area contributed by atoms with Gasteiger partial charge >= 0.3 is 0 Å². The Bertz CT molecular complexity index is 908. The lowest BCUT2D eigenvalue weighted by molar-refractivity contribution is -0.142. The average Bonchev–Trinajstić information content (AvgIpc) is 3.23. The number of fused-ring (bicyclic) bond motifs is 2. The molecule has 2 aliphatic heterocycles. The van der Waals surface area contributed by atoms with Crippen LogP contribution < -0.4 is 4.90 Å². The van der Waals surface area contributed by atoms with Crippen molar-refractivity contribution in [3.8, 4) is 0 Å². The fourth-order valence-electron chi connectivity index (χ4n) is 4.90. The van der Waals surface area contributed by atoms with Crippen molar-refractivity contribution in [3.63, 3.8) is 0 Å². The summed E-state index contributed by atoms with van der Waals surface area (Å²) >= 11 is 0. The molecule has 2 saturated heterocycles. The first-order valence-corrected chi connectivity index (χ1v) is 9.99. The van der Waals surface area contributed by atoms with Gasteiger partial charge in [0.15, 0.2) is 0 Å². The molecule has 6 heteroatoms. The Kier molecular flexibility index (Phi) is 4.16. The topological polar surface area (TPSA) is 56.8 Å². The summed E-state index contributed by atoms with van der Waals surface area (Å²) in [4.78, 5) is 36.5. The van der Waals surface area contributed by atoms with Crippen LogP contribution in [0.25, 0.3) is 0 Å². The number of amides is 2. The molecule has 0 N–H and O–H groups in total. The van der Waals surface area contributed by atoms with Gasteiger partial charge in [-0.15, -0.1) is 0 Å². The molecule has 2 amide bonds. The van der Waals surface area contributed by atoms with Gasteiger partial charge in [-0.25, -0.2) is 4.98 Å². The van der Waals surface area contributed by atoms with Gasteiger partial charge in [-0.2, -0.15) is 0 Å². The van der Waals surface area contributed by atoms with Gasteiger partial charge in [-0.1, -0.05) is 30.3 Å². The summed E-state index contributed by atoms with van der Waals surface area (Å²) in [6.07, 6.45) is 3.76. The van der Waals surface area contributed by atoms with Crippen LogP contribution in [0.4, 0.5) is 5.82 Å². The molecular formula is C22H24N4O2. The van der Waals surface area contributed by atoms with Gasteiger partial charge in [0, 0.05) is 38.8 Å². The lowest BCUT2D eigenvalue weighted by Gasteiger charge is -2.37. The zero-order valence-electron chi connectivity index (χ0n) is 15.9. The number of aryl methyl sites for hydroxylation is 1. The molecule has 1 aromatic carbocycles. The van der Waals surface area contributed by atoms with Crippen LogP contribution in [-0.4, -0.2) is 59.4 Å². The Morgan fingerprint density at radius 3 is 2.54 bits per heavy atom. The van der Waals surface area contributed by atoms with Gasteiger partial charge in [0.1, 0.15) is 5.82 Å². The van der Waals surface area contributed by atoms with E-state index in [1.807, 2.05) is 42.6 Å². The number of anilines is 1. The number of rotatable bonds is 3. The second kappa shape index (κ2) is 6.71. The summed E-state index contributed by atoms with van der Waals surface area (Å²) in [5.41, 5.74) is 1.66. The van der Waals surface area contributed by atoms with Gasteiger partial charge in [-0.3, -0.25) is 19.4 Å². The van der Waals surface area contributed by atoms with E-state index in [2.05, 4.69) is 20.9 Å². The Hall–Kier alpha value is -2.73. The smallest absolute Gasteiger partial charge is 0.241 e. The molecule has 2 fully saturated rings. The van der Waals surface area contributed by atoms with E-state index in [-0.39, 0.29) is 11.8 Å². The molecule has 0 unspecified atom stereocenters. The van der Waals surface area contributed by atoms with Crippen molar-refractivity contribution in [1.29, 1.82) is 0 Å². The number of nitrogens with zero attached hydrogens (tertiary/aromatic N) is 4. The van der Waals surface area contributed by atoms with E-state index in [0.717, 1.165) is 50.4 Å². The van der Waals surface area contributed by atoms with E-state index in [1.165, 1.54) is 10.5 Å². The highest BCUT2D eigenvalue weighted by Crippen LogP contribution is 2.46. The molecule has 5 rings (SSSR count). The Labute approximate surface area is 164 Å². The van der Waals surface area contributed by atoms with E-state index in [4.69, 9.17) is 0 Å². The van der Waals surface area contributed by atoms with Crippen LogP contribution in [0.2, 0.25) is 0 Å². The molecular weight excluding hydrogens is 352 g/mol. The second-order valence-corrected chi connectivity index (χ2v) is 7.98. The first-order valence-electron chi connectivity index (χ1n) is 9.99. The second-order valence-electron chi connectivity index (χ2n) is 7.98. The number of imide groups is 1. The molecule has 0 saturated carbocycles. The summed E-state index contributed by atoms with van der Waals surface area (Å²) in [7, 11) is 0. The summed E-state index contributed by atoms with van der Waals surface area (Å²) < 4.78 is 0. The fourth-order valence-corrected chi connectivity index (χ4v) is 4.90. The number of carbonyl (C=O) groups is 2. The number of pyridine rings is 1. The third kappa shape index (κ3) is 2.71. The molecule has 1 spiro atoms. The van der Waals surface area contributed by atoms with Crippen LogP contribution in [-0.2, 0) is 21.4 Å². The molecule has 2 aromatic rings. The predicted octanol–water partition coefficient (Wildman–Crippen LogP) is 1.80. The van der Waals surface area contributed by atoms with E-state index in [9.17, 15) is 9.59 Å². The van der Waals surface area contributed by atoms with Crippen molar-refractivity contribution in [2.45, 2.75) is 24.7 Å². The number of carbonyl (C=O) groups excluding carboxylic acids is 2. The van der Waals surface area contributed by atoms with Gasteiger partial charge < -0.3 is 4.90 Å². The van der Waals surface area contributed by atoms with Crippen LogP contribution >= 0.6 is 0 Å². The van der Waals surface area contributed by atoms with Gasteiger partial charge in [-0.05, 0) is 36.1 Å². The van der Waals surface area contributed by atoms with E-state index in [0.29, 0.717) is 13.1 Å². The number of hydrogen-bond acceptors (Lipinski definition) is 5. The normalized spacial score (nSPS) is 25.0. The Morgan fingerprint density at radius 1 is 0.964 bits per heavy atom. The number of piperazine rings is 1. The highest BCUT2D eigenvalue weighted by molar-refractivity contribution is 6.09. The van der Waals surface area contributed by atoms with Gasteiger partial charge in [0.2, 0.25) is 11.8 Å². The molecule has 1 atom stereocenters. The number of hydrogen-bond donors (Lipinski definition) is 0. The van der Waals surface area contributed by atoms with Gasteiger partial charge in [0.25, 0.3) is 0 Å². The van der Waals surface area contributed by atoms with Crippen molar-refractivity contribution in [2.75, 3.05) is 37.7 Å². The number of aromatic nitrogens is 1. The zero-order chi connectivity index (χ0) is 19.1. The van der Waals surface area contributed by atoms with Crippen molar-refractivity contribution in [3.05, 3.63) is 59.8 Å². The van der Waals surface area contributed by atoms with Crippen LogP contribution in [0, 0.1) is 0 Å². The van der Waals surface area contributed by atoms with Crippen molar-refractivity contribution < 1.29 is 9.59 Å². The minimum atomic E-state index is -0.622. The summed E-state index contributed by atoms with van der Waals surface area (Å²) in [6.45, 7) is 3.73. The molecule has 0 bridgehead atoms. The maximum Gasteiger partial charge on any atom is 0.241 e. The predicted molar refractivity (Wildman–Crippen MR) is 106 cm³/mol. The van der Waals surface area contributed by atoms with Crippen LogP contribution in [0.1, 0.15) is 24.0 Å². The Balaban J connectivity index is 1.27. The number of benzene rings is 1. The maximum atomic E-state index is 13.3.